The highest BCUT2D eigenvalue weighted by Gasteiger charge is 2.40. The van der Waals surface area contributed by atoms with Gasteiger partial charge in [0.15, 0.2) is 4.91 Å². The first-order valence-electron chi connectivity index (χ1n) is 9.94. The van der Waals surface area contributed by atoms with Gasteiger partial charge in [0.1, 0.15) is 11.5 Å². The molecule has 1 aliphatic rings. The Bertz CT molecular complexity index is 1310. The Balaban J connectivity index is 1.76. The van der Waals surface area contributed by atoms with Crippen LogP contribution >= 0.6 is 11.6 Å². The van der Waals surface area contributed by atoms with Crippen molar-refractivity contribution in [1.82, 2.24) is 0 Å². The van der Waals surface area contributed by atoms with E-state index in [1.165, 1.54) is 24.7 Å². The molecule has 7 nitrogen and oxygen atoms in total. The van der Waals surface area contributed by atoms with Crippen LogP contribution in [-0.2, 0) is 16.6 Å². The van der Waals surface area contributed by atoms with Crippen LogP contribution in [0.1, 0.15) is 15.9 Å². The molecule has 0 spiro atoms. The van der Waals surface area contributed by atoms with Crippen LogP contribution in [0.4, 0.5) is 11.4 Å². The van der Waals surface area contributed by atoms with Gasteiger partial charge in [-0.1, -0.05) is 35.9 Å². The fourth-order valence-electron chi connectivity index (χ4n) is 3.49. The Morgan fingerprint density at radius 3 is 2.24 bits per heavy atom. The number of methoxy groups -OCH3 is 2. The fourth-order valence-corrected chi connectivity index (χ4v) is 5.14. The van der Waals surface area contributed by atoms with E-state index in [1.54, 1.807) is 66.7 Å². The maximum absolute atomic E-state index is 13.5. The van der Waals surface area contributed by atoms with Crippen LogP contribution in [0.2, 0.25) is 5.02 Å². The molecule has 9 heteroatoms. The van der Waals surface area contributed by atoms with Gasteiger partial charge in [-0.15, -0.1) is 0 Å². The highest BCUT2D eigenvalue weighted by molar-refractivity contribution is 7.97. The third kappa shape index (κ3) is 4.53. The molecule has 3 aromatic rings. The average molecular weight is 485 g/mol. The van der Waals surface area contributed by atoms with Crippen LogP contribution in [0, 0.1) is 0 Å². The van der Waals surface area contributed by atoms with Gasteiger partial charge in [0, 0.05) is 40.7 Å². The lowest BCUT2D eigenvalue weighted by Gasteiger charge is -2.31. The SMILES string of the molecule is COc1cc(N/C=C2\C(=O)c3ccccc3N(Cc3ccc(Cl)cc3)S2(=O)=O)cc(OC)c1. The summed E-state index contributed by atoms with van der Waals surface area (Å²) in [6, 6.07) is 18.5. The van der Waals surface area contributed by atoms with Crippen molar-refractivity contribution in [2.45, 2.75) is 6.54 Å². The number of carbonyl (C=O) groups excluding carboxylic acids is 1. The van der Waals surface area contributed by atoms with Crippen molar-refractivity contribution in [3.05, 3.63) is 94.0 Å². The first-order valence-corrected chi connectivity index (χ1v) is 11.8. The number of nitrogens with zero attached hydrogens (tertiary/aromatic N) is 1. The van der Waals surface area contributed by atoms with Crippen LogP contribution < -0.4 is 19.1 Å². The predicted octanol–water partition coefficient (Wildman–Crippen LogP) is 4.84. The van der Waals surface area contributed by atoms with Crippen molar-refractivity contribution in [1.29, 1.82) is 0 Å². The van der Waals surface area contributed by atoms with Crippen molar-refractivity contribution in [3.63, 3.8) is 0 Å². The van der Waals surface area contributed by atoms with Gasteiger partial charge in [0.05, 0.1) is 26.5 Å². The maximum atomic E-state index is 13.5. The molecule has 0 radical (unpaired) electrons. The average Bonchev–Trinajstić information content (AvgIpc) is 2.82. The number of fused-ring (bicyclic) bond motifs is 1. The quantitative estimate of drug-likeness (QED) is 0.504. The van der Waals surface area contributed by atoms with E-state index in [0.717, 1.165) is 5.56 Å². The minimum Gasteiger partial charge on any atom is -0.497 e. The molecule has 1 N–H and O–H groups in total. The van der Waals surface area contributed by atoms with Crippen LogP contribution in [-0.4, -0.2) is 28.4 Å². The molecule has 0 unspecified atom stereocenters. The Labute approximate surface area is 197 Å². The summed E-state index contributed by atoms with van der Waals surface area (Å²) >= 11 is 5.96. The van der Waals surface area contributed by atoms with E-state index < -0.39 is 15.8 Å². The summed E-state index contributed by atoms with van der Waals surface area (Å²) in [6.07, 6.45) is 1.21. The highest BCUT2D eigenvalue weighted by atomic mass is 35.5. The van der Waals surface area contributed by atoms with Gasteiger partial charge in [-0.05, 0) is 29.8 Å². The van der Waals surface area contributed by atoms with E-state index in [4.69, 9.17) is 21.1 Å². The Kier molecular flexibility index (Phi) is 6.31. The number of hydrogen-bond donors (Lipinski definition) is 1. The molecule has 1 aliphatic heterocycles. The zero-order valence-electron chi connectivity index (χ0n) is 17.9. The molecule has 0 saturated heterocycles. The predicted molar refractivity (Wildman–Crippen MR) is 129 cm³/mol. The molecule has 4 rings (SSSR count). The minimum absolute atomic E-state index is 0.0497. The molecule has 0 atom stereocenters. The highest BCUT2D eigenvalue weighted by Crippen LogP contribution is 2.36. The summed E-state index contributed by atoms with van der Waals surface area (Å²) < 4.78 is 38.8. The van der Waals surface area contributed by atoms with Crippen LogP contribution in [0.15, 0.2) is 77.8 Å². The first-order chi connectivity index (χ1) is 15.8. The summed E-state index contributed by atoms with van der Waals surface area (Å²) in [4.78, 5) is 12.8. The standard InChI is InChI=1S/C24H21ClN2O5S/c1-31-19-11-18(12-20(13-19)32-2)26-14-23-24(28)21-5-3-4-6-22(21)27(33(23,29)30)15-16-7-9-17(25)10-8-16/h3-14,26H,15H2,1-2H3/b23-14+. The van der Waals surface area contributed by atoms with Gasteiger partial charge in [-0.2, -0.15) is 0 Å². The van der Waals surface area contributed by atoms with Gasteiger partial charge < -0.3 is 14.8 Å². The molecule has 0 aromatic heterocycles. The zero-order chi connectivity index (χ0) is 23.6. The monoisotopic (exact) mass is 484 g/mol. The largest absolute Gasteiger partial charge is 0.497 e. The van der Waals surface area contributed by atoms with Gasteiger partial charge in [-0.25, -0.2) is 8.42 Å². The fraction of sp³-hybridized carbons (Fsp3) is 0.125. The number of ether oxygens (including phenoxy) is 2. The van der Waals surface area contributed by atoms with Crippen molar-refractivity contribution >= 4 is 38.8 Å². The van der Waals surface area contributed by atoms with Crippen molar-refractivity contribution in [2.24, 2.45) is 0 Å². The molecule has 0 aliphatic carbocycles. The Morgan fingerprint density at radius 2 is 1.61 bits per heavy atom. The summed E-state index contributed by atoms with van der Waals surface area (Å²) in [7, 11) is -1.13. The second-order valence-corrected chi connectivity index (χ2v) is 9.51. The second-order valence-electron chi connectivity index (χ2n) is 7.24. The van der Waals surface area contributed by atoms with Crippen LogP contribution in [0.25, 0.3) is 0 Å². The molecule has 0 bridgehead atoms. The number of hydrogen-bond acceptors (Lipinski definition) is 6. The number of halogens is 1. The van der Waals surface area contributed by atoms with Crippen molar-refractivity contribution < 1.29 is 22.7 Å². The smallest absolute Gasteiger partial charge is 0.270 e. The lowest BCUT2D eigenvalue weighted by molar-refractivity contribution is 0.104. The number of benzene rings is 3. The molecular formula is C24H21ClN2O5S. The number of ketones is 1. The summed E-state index contributed by atoms with van der Waals surface area (Å²) in [5.41, 5.74) is 1.87. The van der Waals surface area contributed by atoms with E-state index in [0.29, 0.717) is 33.5 Å². The topological polar surface area (TPSA) is 84.9 Å². The normalized spacial score (nSPS) is 15.8. The van der Waals surface area contributed by atoms with Crippen LogP contribution in [0.5, 0.6) is 11.5 Å². The maximum Gasteiger partial charge on any atom is 0.270 e. The lowest BCUT2D eigenvalue weighted by Crippen LogP contribution is -2.39. The number of rotatable bonds is 6. The second kappa shape index (κ2) is 9.17. The van der Waals surface area contributed by atoms with Gasteiger partial charge in [0.25, 0.3) is 10.0 Å². The molecule has 0 amide bonds. The number of para-hydroxylation sites is 1. The molecule has 3 aromatic carbocycles. The third-order valence-electron chi connectivity index (χ3n) is 5.17. The Morgan fingerprint density at radius 1 is 0.970 bits per heavy atom. The summed E-state index contributed by atoms with van der Waals surface area (Å²) in [6.45, 7) is 0.0497. The molecule has 0 fully saturated rings. The van der Waals surface area contributed by atoms with E-state index in [1.807, 2.05) is 0 Å². The van der Waals surface area contributed by atoms with E-state index >= 15 is 0 Å². The van der Waals surface area contributed by atoms with Crippen molar-refractivity contribution in [3.8, 4) is 11.5 Å². The summed E-state index contributed by atoms with van der Waals surface area (Å²) in [5.74, 6) is 0.450. The number of Topliss-reactive ketones (excluding diaryl/α,β-unsaturated/α-hetero) is 1. The van der Waals surface area contributed by atoms with Gasteiger partial charge >= 0.3 is 0 Å². The Hall–Kier alpha value is -3.49. The number of nitrogens with one attached hydrogen (secondary N) is 1. The number of anilines is 2. The van der Waals surface area contributed by atoms with E-state index in [9.17, 15) is 13.2 Å². The lowest BCUT2D eigenvalue weighted by atomic mass is 10.1. The molecular weight excluding hydrogens is 464 g/mol. The summed E-state index contributed by atoms with van der Waals surface area (Å²) in [5, 5.41) is 3.46. The number of sulfonamides is 1. The van der Waals surface area contributed by atoms with E-state index in [-0.39, 0.29) is 11.4 Å². The molecule has 33 heavy (non-hydrogen) atoms. The zero-order valence-corrected chi connectivity index (χ0v) is 19.5. The minimum atomic E-state index is -4.15. The molecule has 170 valence electrons. The third-order valence-corrected chi connectivity index (χ3v) is 7.19. The van der Waals surface area contributed by atoms with E-state index in [2.05, 4.69) is 5.32 Å². The van der Waals surface area contributed by atoms with Gasteiger partial charge in [0.2, 0.25) is 5.78 Å². The van der Waals surface area contributed by atoms with Crippen LogP contribution in [0.3, 0.4) is 0 Å². The number of allylic oxidation sites excluding steroid dienone is 1. The number of carbonyl (C=O) groups is 1. The van der Waals surface area contributed by atoms with Gasteiger partial charge in [-0.3, -0.25) is 9.10 Å². The molecule has 1 heterocycles. The molecule has 0 saturated carbocycles. The first kappa shape index (κ1) is 22.7. The van der Waals surface area contributed by atoms with Crippen molar-refractivity contribution in [2.75, 3.05) is 23.8 Å².